The van der Waals surface area contributed by atoms with Crippen LogP contribution in [0, 0.1) is 0 Å². The van der Waals surface area contributed by atoms with Crippen LogP contribution in [0.4, 0.5) is 0 Å². The van der Waals surface area contributed by atoms with E-state index in [2.05, 4.69) is 9.88 Å². The fourth-order valence-corrected chi connectivity index (χ4v) is 2.01. The molecule has 1 saturated carbocycles. The average molecular weight is 248 g/mol. The zero-order valence-corrected chi connectivity index (χ0v) is 10.8. The van der Waals surface area contributed by atoms with E-state index in [-0.39, 0.29) is 5.97 Å². The Morgan fingerprint density at radius 3 is 2.94 bits per heavy atom. The molecule has 0 N–H and O–H groups in total. The Morgan fingerprint density at radius 1 is 1.50 bits per heavy atom. The van der Waals surface area contributed by atoms with E-state index < -0.39 is 0 Å². The molecule has 4 nitrogen and oxygen atoms in total. The quantitative estimate of drug-likeness (QED) is 0.688. The third-order valence-electron chi connectivity index (χ3n) is 3.08. The van der Waals surface area contributed by atoms with Crippen LogP contribution in [0.5, 0.6) is 0 Å². The van der Waals surface area contributed by atoms with Gasteiger partial charge in [0.15, 0.2) is 0 Å². The molecule has 1 aliphatic rings. The molecule has 0 aromatic carbocycles. The molecule has 0 spiro atoms. The molecule has 0 amide bonds. The molecule has 0 radical (unpaired) electrons. The standard InChI is InChI=1S/C14H20N2O2/c1-2-18-14(17)11-16(13-6-7-13)10-8-12-5-3-4-9-15-12/h3-5,9,13H,2,6-8,10-11H2,1H3. The Morgan fingerprint density at radius 2 is 2.33 bits per heavy atom. The van der Waals surface area contributed by atoms with Crippen LogP contribution in [-0.4, -0.2) is 41.6 Å². The highest BCUT2D eigenvalue weighted by molar-refractivity contribution is 5.71. The van der Waals surface area contributed by atoms with Gasteiger partial charge in [-0.05, 0) is 31.9 Å². The van der Waals surface area contributed by atoms with Gasteiger partial charge in [0.2, 0.25) is 0 Å². The van der Waals surface area contributed by atoms with E-state index in [1.165, 1.54) is 12.8 Å². The van der Waals surface area contributed by atoms with Crippen molar-refractivity contribution in [1.29, 1.82) is 0 Å². The Hall–Kier alpha value is -1.42. The van der Waals surface area contributed by atoms with Gasteiger partial charge >= 0.3 is 5.97 Å². The summed E-state index contributed by atoms with van der Waals surface area (Å²) >= 11 is 0. The molecule has 1 aromatic heterocycles. The molecule has 98 valence electrons. The average Bonchev–Trinajstić information content (AvgIpc) is 3.20. The minimum absolute atomic E-state index is 0.120. The van der Waals surface area contributed by atoms with Gasteiger partial charge in [-0.25, -0.2) is 0 Å². The lowest BCUT2D eigenvalue weighted by atomic mass is 10.2. The largest absolute Gasteiger partial charge is 0.465 e. The number of carbonyl (C=O) groups excluding carboxylic acids is 1. The lowest BCUT2D eigenvalue weighted by Crippen LogP contribution is -2.34. The predicted octanol–water partition coefficient (Wildman–Crippen LogP) is 1.65. The smallest absolute Gasteiger partial charge is 0.320 e. The fraction of sp³-hybridized carbons (Fsp3) is 0.571. The van der Waals surface area contributed by atoms with Gasteiger partial charge in [0.25, 0.3) is 0 Å². The van der Waals surface area contributed by atoms with Crippen molar-refractivity contribution in [3.63, 3.8) is 0 Å². The van der Waals surface area contributed by atoms with Crippen molar-refractivity contribution in [3.8, 4) is 0 Å². The number of esters is 1. The first kappa shape index (κ1) is 13.0. The molecule has 0 unspecified atom stereocenters. The molecule has 0 aliphatic heterocycles. The van der Waals surface area contributed by atoms with Crippen LogP contribution >= 0.6 is 0 Å². The zero-order chi connectivity index (χ0) is 12.8. The van der Waals surface area contributed by atoms with Gasteiger partial charge in [0, 0.05) is 30.9 Å². The van der Waals surface area contributed by atoms with Gasteiger partial charge < -0.3 is 4.74 Å². The third-order valence-corrected chi connectivity index (χ3v) is 3.08. The highest BCUT2D eigenvalue weighted by Crippen LogP contribution is 2.26. The van der Waals surface area contributed by atoms with Gasteiger partial charge in [-0.15, -0.1) is 0 Å². The first-order valence-electron chi connectivity index (χ1n) is 6.59. The topological polar surface area (TPSA) is 42.4 Å². The van der Waals surface area contributed by atoms with E-state index in [0.29, 0.717) is 19.2 Å². The van der Waals surface area contributed by atoms with E-state index in [1.54, 1.807) is 0 Å². The number of rotatable bonds is 7. The number of hydrogen-bond donors (Lipinski definition) is 0. The molecule has 0 bridgehead atoms. The highest BCUT2D eigenvalue weighted by Gasteiger charge is 2.30. The minimum Gasteiger partial charge on any atom is -0.465 e. The van der Waals surface area contributed by atoms with Gasteiger partial charge in [-0.2, -0.15) is 0 Å². The lowest BCUT2D eigenvalue weighted by molar-refractivity contribution is -0.144. The second-order valence-electron chi connectivity index (χ2n) is 4.58. The first-order valence-corrected chi connectivity index (χ1v) is 6.59. The molecule has 0 atom stereocenters. The molecular formula is C14H20N2O2. The van der Waals surface area contributed by atoms with Crippen LogP contribution in [0.2, 0.25) is 0 Å². The maximum Gasteiger partial charge on any atom is 0.320 e. The molecule has 2 rings (SSSR count). The summed E-state index contributed by atoms with van der Waals surface area (Å²) in [6.45, 7) is 3.58. The molecule has 18 heavy (non-hydrogen) atoms. The van der Waals surface area contributed by atoms with Crippen LogP contribution in [-0.2, 0) is 16.0 Å². The molecule has 1 fully saturated rings. The Kier molecular flexibility index (Phi) is 4.70. The summed E-state index contributed by atoms with van der Waals surface area (Å²) in [5.74, 6) is -0.120. The molecule has 0 saturated heterocycles. The lowest BCUT2D eigenvalue weighted by Gasteiger charge is -2.20. The summed E-state index contributed by atoms with van der Waals surface area (Å²) in [5, 5.41) is 0. The molecule has 1 heterocycles. The van der Waals surface area contributed by atoms with E-state index in [9.17, 15) is 4.79 Å². The monoisotopic (exact) mass is 248 g/mol. The number of pyridine rings is 1. The minimum atomic E-state index is -0.120. The van der Waals surface area contributed by atoms with Crippen LogP contribution < -0.4 is 0 Å². The summed E-state index contributed by atoms with van der Waals surface area (Å²) < 4.78 is 5.01. The Labute approximate surface area is 108 Å². The number of hydrogen-bond acceptors (Lipinski definition) is 4. The number of ether oxygens (including phenoxy) is 1. The highest BCUT2D eigenvalue weighted by atomic mass is 16.5. The number of nitrogens with zero attached hydrogens (tertiary/aromatic N) is 2. The van der Waals surface area contributed by atoms with Gasteiger partial charge in [0.05, 0.1) is 13.2 Å². The van der Waals surface area contributed by atoms with Gasteiger partial charge in [-0.3, -0.25) is 14.7 Å². The van der Waals surface area contributed by atoms with E-state index in [1.807, 2.05) is 31.3 Å². The van der Waals surface area contributed by atoms with Gasteiger partial charge in [0.1, 0.15) is 0 Å². The second-order valence-corrected chi connectivity index (χ2v) is 4.58. The van der Waals surface area contributed by atoms with Crippen LogP contribution in [0.3, 0.4) is 0 Å². The van der Waals surface area contributed by atoms with Crippen molar-refractivity contribution >= 4 is 5.97 Å². The zero-order valence-electron chi connectivity index (χ0n) is 10.8. The van der Waals surface area contributed by atoms with E-state index in [0.717, 1.165) is 18.7 Å². The fourth-order valence-electron chi connectivity index (χ4n) is 2.01. The Bertz CT molecular complexity index is 377. The van der Waals surface area contributed by atoms with Crippen LogP contribution in [0.1, 0.15) is 25.5 Å². The number of carbonyl (C=O) groups is 1. The first-order chi connectivity index (χ1) is 8.79. The molecule has 1 aliphatic carbocycles. The summed E-state index contributed by atoms with van der Waals surface area (Å²) in [5.41, 5.74) is 1.08. The van der Waals surface area contributed by atoms with Crippen molar-refractivity contribution in [1.82, 2.24) is 9.88 Å². The van der Waals surface area contributed by atoms with E-state index in [4.69, 9.17) is 4.74 Å². The van der Waals surface area contributed by atoms with Crippen LogP contribution in [0.25, 0.3) is 0 Å². The van der Waals surface area contributed by atoms with Crippen molar-refractivity contribution < 1.29 is 9.53 Å². The van der Waals surface area contributed by atoms with Crippen molar-refractivity contribution in [2.24, 2.45) is 0 Å². The third kappa shape index (κ3) is 4.11. The SMILES string of the molecule is CCOC(=O)CN(CCc1ccccn1)C1CC1. The van der Waals surface area contributed by atoms with Crippen LogP contribution in [0.15, 0.2) is 24.4 Å². The summed E-state index contributed by atoms with van der Waals surface area (Å²) in [4.78, 5) is 18.0. The summed E-state index contributed by atoms with van der Waals surface area (Å²) in [6.07, 6.45) is 5.09. The predicted molar refractivity (Wildman–Crippen MR) is 69.2 cm³/mol. The molecular weight excluding hydrogens is 228 g/mol. The Balaban J connectivity index is 1.81. The van der Waals surface area contributed by atoms with Gasteiger partial charge in [-0.1, -0.05) is 6.07 Å². The maximum atomic E-state index is 11.5. The summed E-state index contributed by atoms with van der Waals surface area (Å²) in [6, 6.07) is 6.50. The van der Waals surface area contributed by atoms with Crippen molar-refractivity contribution in [3.05, 3.63) is 30.1 Å². The second kappa shape index (κ2) is 6.50. The molecule has 1 aromatic rings. The van der Waals surface area contributed by atoms with Crippen molar-refractivity contribution in [2.45, 2.75) is 32.2 Å². The maximum absolute atomic E-state index is 11.5. The van der Waals surface area contributed by atoms with Crippen molar-refractivity contribution in [2.75, 3.05) is 19.7 Å². The number of aromatic nitrogens is 1. The molecule has 4 heteroatoms. The summed E-state index contributed by atoms with van der Waals surface area (Å²) in [7, 11) is 0. The van der Waals surface area contributed by atoms with E-state index >= 15 is 0 Å². The normalized spacial score (nSPS) is 14.8.